The van der Waals surface area contributed by atoms with Gasteiger partial charge in [-0.2, -0.15) is 0 Å². The molecule has 0 radical (unpaired) electrons. The van der Waals surface area contributed by atoms with Crippen LogP contribution < -0.4 is 26.0 Å². The summed E-state index contributed by atoms with van der Waals surface area (Å²) in [6, 6.07) is 24.6. The molecular formula is C38H46N4O4. The van der Waals surface area contributed by atoms with Crippen molar-refractivity contribution < 1.29 is 19.1 Å². The summed E-state index contributed by atoms with van der Waals surface area (Å²) in [6.07, 6.45) is 7.44. The topological polar surface area (TPSA) is 109 Å². The molecule has 3 aromatic rings. The van der Waals surface area contributed by atoms with Crippen molar-refractivity contribution in [1.82, 2.24) is 21.3 Å². The fourth-order valence-corrected chi connectivity index (χ4v) is 6.28. The minimum absolute atomic E-state index is 0.201. The number of hydrogen-bond acceptors (Lipinski definition) is 5. The number of nitrogens with one attached hydrogen (secondary N) is 4. The highest BCUT2D eigenvalue weighted by Crippen LogP contribution is 2.31. The molecule has 3 amide bonds. The smallest absolute Gasteiger partial charge is 0.246 e. The summed E-state index contributed by atoms with van der Waals surface area (Å²) in [7, 11) is 0. The van der Waals surface area contributed by atoms with Crippen molar-refractivity contribution in [3.8, 4) is 16.9 Å². The Kier molecular flexibility index (Phi) is 11.3. The lowest BCUT2D eigenvalue weighted by Gasteiger charge is -2.33. The summed E-state index contributed by atoms with van der Waals surface area (Å²) < 4.78 is 6.08. The Morgan fingerprint density at radius 2 is 1.52 bits per heavy atom. The molecule has 1 fully saturated rings. The standard InChI is InChI=1S/C38H46N4O4/c1-27(2)25-32-36(44)42-38(20-8-9-21-38)37(45)41-33(26-28-16-18-30(19-17-28)29-11-4-3-5-12-29)35(43)40-22-10-14-31-13-6-7-15-34(31)46-24-23-39-32/h3-7,10-19,27,32-33,39H,8-9,20-26H2,1-2H3,(H,40,43)(H,41,45)(H,42,44)/b14-10-/t32-,33-/m0/s1. The van der Waals surface area contributed by atoms with Gasteiger partial charge in [0.1, 0.15) is 23.9 Å². The van der Waals surface area contributed by atoms with Gasteiger partial charge >= 0.3 is 0 Å². The molecule has 1 spiro atoms. The van der Waals surface area contributed by atoms with Gasteiger partial charge in [-0.1, -0.05) is 112 Å². The van der Waals surface area contributed by atoms with Crippen molar-refractivity contribution in [2.75, 3.05) is 19.7 Å². The Hall–Kier alpha value is -4.43. The van der Waals surface area contributed by atoms with Crippen LogP contribution in [0.15, 0.2) is 84.9 Å². The predicted molar refractivity (Wildman–Crippen MR) is 182 cm³/mol. The van der Waals surface area contributed by atoms with Crippen LogP contribution >= 0.6 is 0 Å². The van der Waals surface area contributed by atoms with Crippen molar-refractivity contribution in [3.05, 3.63) is 96.1 Å². The third-order valence-corrected chi connectivity index (χ3v) is 8.76. The Balaban J connectivity index is 1.41. The summed E-state index contributed by atoms with van der Waals surface area (Å²) in [5.41, 5.74) is 2.94. The summed E-state index contributed by atoms with van der Waals surface area (Å²) >= 11 is 0. The second-order valence-corrected chi connectivity index (χ2v) is 12.7. The second kappa shape index (κ2) is 15.7. The SMILES string of the molecule is CC(C)C[C@@H]1NCCOc2ccccc2/C=C\CNC(=O)[C@H](Cc2ccc(-c3ccccc3)cc2)NC(=O)C2(CCCC2)NC1=O. The maximum Gasteiger partial charge on any atom is 0.246 e. The average molecular weight is 623 g/mol. The first-order valence-electron chi connectivity index (χ1n) is 16.5. The van der Waals surface area contributed by atoms with Gasteiger partial charge in [-0.25, -0.2) is 0 Å². The lowest BCUT2D eigenvalue weighted by atomic mass is 9.93. The lowest BCUT2D eigenvalue weighted by molar-refractivity contribution is -0.136. The highest BCUT2D eigenvalue weighted by atomic mass is 16.5. The van der Waals surface area contributed by atoms with E-state index in [1.807, 2.05) is 78.9 Å². The molecule has 1 saturated carbocycles. The molecule has 1 aliphatic heterocycles. The van der Waals surface area contributed by atoms with Crippen LogP contribution in [0.25, 0.3) is 17.2 Å². The quantitative estimate of drug-likeness (QED) is 0.319. The molecule has 0 aromatic heterocycles. The Morgan fingerprint density at radius 1 is 0.826 bits per heavy atom. The number of rotatable bonds is 5. The maximum atomic E-state index is 14.1. The Labute approximate surface area is 272 Å². The highest BCUT2D eigenvalue weighted by molar-refractivity contribution is 5.96. The maximum absolute atomic E-state index is 14.1. The lowest BCUT2D eigenvalue weighted by Crippen LogP contribution is -2.63. The molecule has 4 N–H and O–H groups in total. The molecule has 3 aromatic carbocycles. The molecule has 1 heterocycles. The van der Waals surface area contributed by atoms with E-state index < -0.39 is 17.6 Å². The van der Waals surface area contributed by atoms with Crippen LogP contribution in [0.5, 0.6) is 5.75 Å². The molecular weight excluding hydrogens is 576 g/mol. The monoisotopic (exact) mass is 622 g/mol. The van der Waals surface area contributed by atoms with Crippen LogP contribution in [0.2, 0.25) is 0 Å². The van der Waals surface area contributed by atoms with E-state index in [4.69, 9.17) is 4.74 Å². The number of para-hydroxylation sites is 1. The van der Waals surface area contributed by atoms with Crippen LogP contribution in [0.1, 0.15) is 57.1 Å². The summed E-state index contributed by atoms with van der Waals surface area (Å²) in [5.74, 6) is 0.202. The van der Waals surface area contributed by atoms with E-state index in [9.17, 15) is 14.4 Å². The van der Waals surface area contributed by atoms with Crippen LogP contribution in [0.3, 0.4) is 0 Å². The van der Waals surface area contributed by atoms with E-state index in [-0.39, 0.29) is 30.2 Å². The third kappa shape index (κ3) is 8.63. The predicted octanol–water partition coefficient (Wildman–Crippen LogP) is 5.04. The second-order valence-electron chi connectivity index (χ2n) is 12.7. The van der Waals surface area contributed by atoms with E-state index in [0.29, 0.717) is 38.8 Å². The number of benzene rings is 3. The van der Waals surface area contributed by atoms with Crippen molar-refractivity contribution in [2.24, 2.45) is 5.92 Å². The molecule has 242 valence electrons. The fraction of sp³-hybridized carbons (Fsp3) is 0.395. The summed E-state index contributed by atoms with van der Waals surface area (Å²) in [5, 5.41) is 12.6. The van der Waals surface area contributed by atoms with Crippen molar-refractivity contribution >= 4 is 23.8 Å². The van der Waals surface area contributed by atoms with Gasteiger partial charge in [0, 0.05) is 25.1 Å². The molecule has 8 nitrogen and oxygen atoms in total. The number of carbonyl (C=O) groups is 3. The van der Waals surface area contributed by atoms with Crippen LogP contribution in [0.4, 0.5) is 0 Å². The minimum Gasteiger partial charge on any atom is -0.492 e. The van der Waals surface area contributed by atoms with Gasteiger partial charge in [0.25, 0.3) is 0 Å². The third-order valence-electron chi connectivity index (χ3n) is 8.76. The number of amides is 3. The first-order chi connectivity index (χ1) is 22.3. The first kappa shape index (κ1) is 32.9. The number of fused-ring (bicyclic) bond motifs is 1. The zero-order valence-corrected chi connectivity index (χ0v) is 26.9. The van der Waals surface area contributed by atoms with E-state index in [2.05, 4.69) is 47.2 Å². The van der Waals surface area contributed by atoms with E-state index >= 15 is 0 Å². The van der Waals surface area contributed by atoms with E-state index in [0.717, 1.165) is 40.8 Å². The number of ether oxygens (including phenoxy) is 1. The van der Waals surface area contributed by atoms with Crippen LogP contribution in [-0.4, -0.2) is 55.0 Å². The average Bonchev–Trinajstić information content (AvgIpc) is 3.54. The van der Waals surface area contributed by atoms with Gasteiger partial charge in [0.05, 0.1) is 6.04 Å². The zero-order valence-electron chi connectivity index (χ0n) is 26.9. The molecule has 2 atom stereocenters. The Bertz CT molecular complexity index is 1500. The zero-order chi connectivity index (χ0) is 32.4. The molecule has 2 aliphatic rings. The molecule has 0 unspecified atom stereocenters. The molecule has 0 bridgehead atoms. The van der Waals surface area contributed by atoms with Crippen molar-refractivity contribution in [3.63, 3.8) is 0 Å². The number of carbonyl (C=O) groups excluding carboxylic acids is 3. The van der Waals surface area contributed by atoms with Gasteiger partial charge in [-0.15, -0.1) is 0 Å². The van der Waals surface area contributed by atoms with Gasteiger partial charge in [-0.3, -0.25) is 14.4 Å². The number of hydrogen-bond donors (Lipinski definition) is 4. The van der Waals surface area contributed by atoms with Gasteiger partial charge in [0.15, 0.2) is 0 Å². The fourth-order valence-electron chi connectivity index (χ4n) is 6.28. The van der Waals surface area contributed by atoms with Gasteiger partial charge in [-0.05, 0) is 47.9 Å². The molecule has 1 aliphatic carbocycles. The molecule has 5 rings (SSSR count). The minimum atomic E-state index is -1.07. The molecule has 0 saturated heterocycles. The van der Waals surface area contributed by atoms with Crippen LogP contribution in [0, 0.1) is 5.92 Å². The molecule has 46 heavy (non-hydrogen) atoms. The van der Waals surface area contributed by atoms with Crippen molar-refractivity contribution in [1.29, 1.82) is 0 Å². The van der Waals surface area contributed by atoms with E-state index in [1.54, 1.807) is 0 Å². The molecule has 8 heteroatoms. The normalized spacial score (nSPS) is 21.7. The van der Waals surface area contributed by atoms with Crippen LogP contribution in [-0.2, 0) is 20.8 Å². The van der Waals surface area contributed by atoms with Gasteiger partial charge < -0.3 is 26.0 Å². The van der Waals surface area contributed by atoms with E-state index in [1.165, 1.54) is 0 Å². The van der Waals surface area contributed by atoms with Crippen molar-refractivity contribution in [2.45, 2.75) is 70.0 Å². The largest absolute Gasteiger partial charge is 0.492 e. The summed E-state index contributed by atoms with van der Waals surface area (Å²) in [6.45, 7) is 5.29. The Morgan fingerprint density at radius 3 is 2.26 bits per heavy atom. The summed E-state index contributed by atoms with van der Waals surface area (Å²) in [4.78, 5) is 41.5. The highest BCUT2D eigenvalue weighted by Gasteiger charge is 2.44. The first-order valence-corrected chi connectivity index (χ1v) is 16.5. The van der Waals surface area contributed by atoms with Gasteiger partial charge in [0.2, 0.25) is 17.7 Å².